The predicted molar refractivity (Wildman–Crippen MR) is 77.7 cm³/mol. The van der Waals surface area contributed by atoms with E-state index in [0.717, 1.165) is 29.3 Å². The maximum Gasteiger partial charge on any atom is 0.417 e. The first kappa shape index (κ1) is 16.9. The van der Waals surface area contributed by atoms with E-state index < -0.39 is 22.7 Å². The van der Waals surface area contributed by atoms with Crippen molar-refractivity contribution < 1.29 is 17.9 Å². The molecule has 0 aliphatic rings. The van der Waals surface area contributed by atoms with Crippen molar-refractivity contribution in [3.63, 3.8) is 0 Å². The summed E-state index contributed by atoms with van der Waals surface area (Å²) in [7, 11) is 0. The van der Waals surface area contributed by atoms with Gasteiger partial charge in [-0.3, -0.25) is 9.59 Å². The topological polar surface area (TPSA) is 64.1 Å². The zero-order valence-corrected chi connectivity index (χ0v) is 12.3. The van der Waals surface area contributed by atoms with Crippen molar-refractivity contribution in [1.29, 1.82) is 0 Å². The molecular formula is C15H15F3N2O3. The summed E-state index contributed by atoms with van der Waals surface area (Å²) in [6.07, 6.45) is -1.74. The van der Waals surface area contributed by atoms with Gasteiger partial charge in [-0.25, -0.2) is 0 Å². The minimum atomic E-state index is -4.54. The van der Waals surface area contributed by atoms with Gasteiger partial charge in [-0.15, -0.1) is 0 Å². The molecule has 124 valence electrons. The molecule has 8 heteroatoms. The smallest absolute Gasteiger partial charge is 0.417 e. The fourth-order valence-electron chi connectivity index (χ4n) is 1.92. The molecule has 0 saturated carbocycles. The second-order valence-corrected chi connectivity index (χ2v) is 4.92. The molecule has 1 N–H and O–H groups in total. The Morgan fingerprint density at radius 3 is 2.61 bits per heavy atom. The Balaban J connectivity index is 2.27. The summed E-state index contributed by atoms with van der Waals surface area (Å²) in [5.41, 5.74) is -1.61. The van der Waals surface area contributed by atoms with E-state index in [1.165, 1.54) is 12.3 Å². The van der Waals surface area contributed by atoms with Crippen molar-refractivity contribution in [2.75, 3.05) is 6.61 Å². The van der Waals surface area contributed by atoms with Crippen LogP contribution in [-0.4, -0.2) is 16.2 Å². The molecule has 0 unspecified atom stereocenters. The Morgan fingerprint density at radius 1 is 1.26 bits per heavy atom. The molecule has 0 bridgehead atoms. The Labute approximate surface area is 129 Å². The molecule has 2 heterocycles. The van der Waals surface area contributed by atoms with Gasteiger partial charge in [0.15, 0.2) is 5.75 Å². The predicted octanol–water partition coefficient (Wildman–Crippen LogP) is 2.39. The third-order valence-electron chi connectivity index (χ3n) is 3.05. The van der Waals surface area contributed by atoms with Gasteiger partial charge in [0, 0.05) is 30.2 Å². The lowest BCUT2D eigenvalue weighted by Crippen LogP contribution is -2.23. The van der Waals surface area contributed by atoms with Crippen LogP contribution in [-0.2, 0) is 12.7 Å². The first-order chi connectivity index (χ1) is 10.8. The van der Waals surface area contributed by atoms with Gasteiger partial charge in [-0.2, -0.15) is 13.2 Å². The number of rotatable bonds is 5. The van der Waals surface area contributed by atoms with E-state index in [1.807, 2.05) is 6.92 Å². The second-order valence-electron chi connectivity index (χ2n) is 4.92. The molecule has 0 aromatic carbocycles. The number of halogens is 3. The van der Waals surface area contributed by atoms with Crippen molar-refractivity contribution in [3.8, 4) is 5.75 Å². The molecule has 23 heavy (non-hydrogen) atoms. The number of hydrogen-bond donors (Lipinski definition) is 1. The molecule has 5 nitrogen and oxygen atoms in total. The zero-order chi connectivity index (χ0) is 17.0. The third kappa shape index (κ3) is 4.24. The summed E-state index contributed by atoms with van der Waals surface area (Å²) < 4.78 is 44.2. The molecule has 0 fully saturated rings. The lowest BCUT2D eigenvalue weighted by atomic mass is 10.2. The minimum absolute atomic E-state index is 0.131. The largest absolute Gasteiger partial charge is 0.488 e. The van der Waals surface area contributed by atoms with Gasteiger partial charge < -0.3 is 14.3 Å². The molecule has 0 aliphatic carbocycles. The summed E-state index contributed by atoms with van der Waals surface area (Å²) in [6, 6.07) is 2.78. The van der Waals surface area contributed by atoms with Crippen LogP contribution in [0.4, 0.5) is 13.2 Å². The van der Waals surface area contributed by atoms with Crippen LogP contribution in [0.5, 0.6) is 5.75 Å². The molecule has 0 atom stereocenters. The monoisotopic (exact) mass is 328 g/mol. The Hall–Kier alpha value is -2.51. The average molecular weight is 328 g/mol. The normalized spacial score (nSPS) is 11.5. The van der Waals surface area contributed by atoms with Gasteiger partial charge in [0.25, 0.3) is 5.56 Å². The van der Waals surface area contributed by atoms with Gasteiger partial charge in [-0.1, -0.05) is 6.92 Å². The summed E-state index contributed by atoms with van der Waals surface area (Å²) in [6.45, 7) is 2.10. The van der Waals surface area contributed by atoms with Gasteiger partial charge in [-0.05, 0) is 12.5 Å². The van der Waals surface area contributed by atoms with E-state index in [4.69, 9.17) is 4.74 Å². The molecule has 2 aromatic rings. The lowest BCUT2D eigenvalue weighted by molar-refractivity contribution is -0.138. The third-order valence-corrected chi connectivity index (χ3v) is 3.05. The van der Waals surface area contributed by atoms with Crippen LogP contribution in [0.2, 0.25) is 0 Å². The van der Waals surface area contributed by atoms with Crippen LogP contribution >= 0.6 is 0 Å². The quantitative estimate of drug-likeness (QED) is 0.917. The van der Waals surface area contributed by atoms with Crippen LogP contribution < -0.4 is 15.7 Å². The molecule has 0 spiro atoms. The first-order valence-corrected chi connectivity index (χ1v) is 6.93. The van der Waals surface area contributed by atoms with Gasteiger partial charge in [0.05, 0.1) is 18.7 Å². The summed E-state index contributed by atoms with van der Waals surface area (Å²) in [4.78, 5) is 26.3. The number of nitrogens with zero attached hydrogens (tertiary/aromatic N) is 1. The number of ether oxygens (including phenoxy) is 1. The maximum absolute atomic E-state index is 12.7. The van der Waals surface area contributed by atoms with Crippen molar-refractivity contribution in [2.24, 2.45) is 0 Å². The van der Waals surface area contributed by atoms with E-state index in [1.54, 1.807) is 0 Å². The number of aromatic amines is 1. The number of alkyl halides is 3. The fraction of sp³-hybridized carbons (Fsp3) is 0.333. The van der Waals surface area contributed by atoms with E-state index in [0.29, 0.717) is 12.3 Å². The summed E-state index contributed by atoms with van der Waals surface area (Å²) >= 11 is 0. The molecule has 0 amide bonds. The van der Waals surface area contributed by atoms with Gasteiger partial charge in [0.1, 0.15) is 0 Å². The average Bonchev–Trinajstić information content (AvgIpc) is 2.47. The molecule has 0 radical (unpaired) electrons. The minimum Gasteiger partial charge on any atom is -0.488 e. The second kappa shape index (κ2) is 6.72. The highest BCUT2D eigenvalue weighted by Gasteiger charge is 2.31. The van der Waals surface area contributed by atoms with E-state index in [2.05, 4.69) is 4.98 Å². The summed E-state index contributed by atoms with van der Waals surface area (Å²) in [5.74, 6) is 0.131. The van der Waals surface area contributed by atoms with Crippen molar-refractivity contribution in [2.45, 2.75) is 26.1 Å². The number of pyridine rings is 2. The van der Waals surface area contributed by atoms with Crippen LogP contribution in [0.3, 0.4) is 0 Å². The van der Waals surface area contributed by atoms with E-state index in [9.17, 15) is 22.8 Å². The molecule has 0 saturated heterocycles. The van der Waals surface area contributed by atoms with E-state index in [-0.39, 0.29) is 12.3 Å². The van der Waals surface area contributed by atoms with E-state index >= 15 is 0 Å². The SMILES string of the molecule is CCCOc1c[nH]c(Cn2cc(C(F)(F)F)ccc2=O)cc1=O. The number of hydrogen-bond acceptors (Lipinski definition) is 3. The molecule has 2 aromatic heterocycles. The van der Waals surface area contributed by atoms with Crippen LogP contribution in [0.1, 0.15) is 24.6 Å². The Kier molecular flexibility index (Phi) is 4.92. The Morgan fingerprint density at radius 2 is 2.00 bits per heavy atom. The van der Waals surface area contributed by atoms with Crippen molar-refractivity contribution in [3.05, 3.63) is 62.4 Å². The highest BCUT2D eigenvalue weighted by molar-refractivity contribution is 5.21. The first-order valence-electron chi connectivity index (χ1n) is 6.93. The highest BCUT2D eigenvalue weighted by Crippen LogP contribution is 2.28. The zero-order valence-electron chi connectivity index (χ0n) is 12.3. The number of aromatic nitrogens is 2. The van der Waals surface area contributed by atoms with Crippen LogP contribution in [0.25, 0.3) is 0 Å². The standard InChI is InChI=1S/C15H15F3N2O3/c1-2-5-23-13-7-19-11(6-12(13)21)9-20-8-10(15(16,17)18)3-4-14(20)22/h3-4,6-8H,2,5,9H2,1H3,(H,19,21). The van der Waals surface area contributed by atoms with Crippen LogP contribution in [0, 0.1) is 0 Å². The highest BCUT2D eigenvalue weighted by atomic mass is 19.4. The van der Waals surface area contributed by atoms with Gasteiger partial charge >= 0.3 is 6.18 Å². The number of H-pyrrole nitrogens is 1. The molecular weight excluding hydrogens is 313 g/mol. The van der Waals surface area contributed by atoms with Crippen molar-refractivity contribution in [1.82, 2.24) is 9.55 Å². The molecule has 0 aliphatic heterocycles. The van der Waals surface area contributed by atoms with Gasteiger partial charge in [0.2, 0.25) is 5.43 Å². The lowest BCUT2D eigenvalue weighted by Gasteiger charge is -2.11. The maximum atomic E-state index is 12.7. The Bertz CT molecular complexity index is 794. The fourth-order valence-corrected chi connectivity index (χ4v) is 1.92. The van der Waals surface area contributed by atoms with Crippen molar-refractivity contribution >= 4 is 0 Å². The van der Waals surface area contributed by atoms with Crippen LogP contribution in [0.15, 0.2) is 40.2 Å². The molecule has 2 rings (SSSR count). The summed E-state index contributed by atoms with van der Waals surface area (Å²) in [5, 5.41) is 0. The number of nitrogens with one attached hydrogen (secondary N) is 1.